The summed E-state index contributed by atoms with van der Waals surface area (Å²) in [7, 11) is 2.11. The maximum absolute atomic E-state index is 12.4. The highest BCUT2D eigenvalue weighted by atomic mass is 35.5. The summed E-state index contributed by atoms with van der Waals surface area (Å²) >= 11 is 13.5. The van der Waals surface area contributed by atoms with Crippen molar-refractivity contribution in [2.24, 2.45) is 5.92 Å². The third-order valence-electron chi connectivity index (χ3n) is 5.89. The predicted octanol–water partition coefficient (Wildman–Crippen LogP) is 5.64. The SMILES string of the molecule is CN1CC(Cc2ccc(Cl)c(Cl)c2)CC1CNC(=O)CSc1ncc(-c2ccccc2)cn1.Cl. The molecule has 5 nitrogen and oxygen atoms in total. The van der Waals surface area contributed by atoms with Gasteiger partial charge >= 0.3 is 0 Å². The fraction of sp³-hybridized carbons (Fsp3) is 0.320. The Morgan fingerprint density at radius 2 is 1.82 bits per heavy atom. The Balaban J connectivity index is 0.00000324. The van der Waals surface area contributed by atoms with E-state index in [1.165, 1.54) is 17.3 Å². The van der Waals surface area contributed by atoms with Crippen molar-refractivity contribution >= 4 is 53.3 Å². The van der Waals surface area contributed by atoms with E-state index in [1.807, 2.05) is 48.5 Å². The molecule has 0 aliphatic carbocycles. The summed E-state index contributed by atoms with van der Waals surface area (Å²) < 4.78 is 0. The number of rotatable bonds is 8. The van der Waals surface area contributed by atoms with Gasteiger partial charge in [-0.05, 0) is 49.1 Å². The molecule has 2 atom stereocenters. The van der Waals surface area contributed by atoms with E-state index in [2.05, 4.69) is 27.2 Å². The van der Waals surface area contributed by atoms with Crippen molar-refractivity contribution in [2.75, 3.05) is 25.9 Å². The first-order chi connectivity index (χ1) is 16.0. The number of hydrogen-bond acceptors (Lipinski definition) is 5. The second kappa shape index (κ2) is 12.8. The van der Waals surface area contributed by atoms with Crippen LogP contribution in [0.5, 0.6) is 0 Å². The zero-order chi connectivity index (χ0) is 23.2. The van der Waals surface area contributed by atoms with Crippen LogP contribution < -0.4 is 5.32 Å². The molecular formula is C25H27Cl3N4OS. The van der Waals surface area contributed by atoms with Crippen LogP contribution in [0.25, 0.3) is 11.1 Å². The Morgan fingerprint density at radius 1 is 1.09 bits per heavy atom. The lowest BCUT2D eigenvalue weighted by Gasteiger charge is -2.19. The number of amides is 1. The van der Waals surface area contributed by atoms with Gasteiger partial charge in [0.2, 0.25) is 5.91 Å². The lowest BCUT2D eigenvalue weighted by Crippen LogP contribution is -2.38. The maximum Gasteiger partial charge on any atom is 0.230 e. The average Bonchev–Trinajstić information content (AvgIpc) is 3.18. The van der Waals surface area contributed by atoms with Crippen molar-refractivity contribution in [1.29, 1.82) is 0 Å². The van der Waals surface area contributed by atoms with Crippen molar-refractivity contribution in [1.82, 2.24) is 20.2 Å². The molecule has 0 saturated carbocycles. The fourth-order valence-corrected chi connectivity index (χ4v) is 5.10. The molecule has 2 heterocycles. The van der Waals surface area contributed by atoms with Gasteiger partial charge in [0.05, 0.1) is 15.8 Å². The molecule has 1 aromatic heterocycles. The Morgan fingerprint density at radius 3 is 2.53 bits per heavy atom. The molecule has 0 bridgehead atoms. The molecule has 1 fully saturated rings. The molecule has 1 amide bonds. The number of aromatic nitrogens is 2. The zero-order valence-electron chi connectivity index (χ0n) is 18.8. The fourth-order valence-electron chi connectivity index (χ4n) is 4.17. The number of hydrogen-bond donors (Lipinski definition) is 1. The van der Waals surface area contributed by atoms with Gasteiger partial charge in [-0.3, -0.25) is 4.79 Å². The van der Waals surface area contributed by atoms with Crippen LogP contribution >= 0.6 is 47.4 Å². The highest BCUT2D eigenvalue weighted by molar-refractivity contribution is 7.99. The van der Waals surface area contributed by atoms with E-state index in [-0.39, 0.29) is 18.3 Å². The Hall–Kier alpha value is -1.83. The number of halogens is 3. The van der Waals surface area contributed by atoms with Crippen molar-refractivity contribution < 1.29 is 4.79 Å². The van der Waals surface area contributed by atoms with Crippen molar-refractivity contribution in [3.8, 4) is 11.1 Å². The molecule has 9 heteroatoms. The summed E-state index contributed by atoms with van der Waals surface area (Å²) in [6.07, 6.45) is 5.58. The number of carbonyl (C=O) groups excluding carboxylic acids is 1. The average molecular weight is 538 g/mol. The first-order valence-electron chi connectivity index (χ1n) is 10.9. The van der Waals surface area contributed by atoms with Crippen LogP contribution in [0.4, 0.5) is 0 Å². The Kier molecular flexibility index (Phi) is 10.0. The molecule has 1 saturated heterocycles. The van der Waals surface area contributed by atoms with E-state index in [1.54, 1.807) is 12.4 Å². The molecule has 1 N–H and O–H groups in total. The molecule has 4 rings (SSSR count). The van der Waals surface area contributed by atoms with Crippen LogP contribution in [0.1, 0.15) is 12.0 Å². The monoisotopic (exact) mass is 536 g/mol. The number of benzene rings is 2. The van der Waals surface area contributed by atoms with Gasteiger partial charge < -0.3 is 10.2 Å². The van der Waals surface area contributed by atoms with Gasteiger partial charge in [0.1, 0.15) is 0 Å². The number of likely N-dealkylation sites (tertiary alicyclic amines) is 1. The lowest BCUT2D eigenvalue weighted by molar-refractivity contribution is -0.118. The van der Waals surface area contributed by atoms with Crippen molar-refractivity contribution in [2.45, 2.75) is 24.0 Å². The number of carbonyl (C=O) groups is 1. The second-order valence-corrected chi connectivity index (χ2v) is 10.1. The smallest absolute Gasteiger partial charge is 0.230 e. The maximum atomic E-state index is 12.4. The molecule has 2 aromatic carbocycles. The molecule has 3 aromatic rings. The van der Waals surface area contributed by atoms with Gasteiger partial charge in [-0.2, -0.15) is 0 Å². The van der Waals surface area contributed by atoms with Crippen molar-refractivity contribution in [3.63, 3.8) is 0 Å². The first kappa shape index (κ1) is 26.8. The molecule has 0 spiro atoms. The van der Waals surface area contributed by atoms with E-state index >= 15 is 0 Å². The van der Waals surface area contributed by atoms with Gasteiger partial charge in [-0.1, -0.05) is 71.4 Å². The van der Waals surface area contributed by atoms with E-state index in [9.17, 15) is 4.79 Å². The normalized spacial score (nSPS) is 17.9. The minimum absolute atomic E-state index is 0. The van der Waals surface area contributed by atoms with Gasteiger partial charge in [0.15, 0.2) is 5.16 Å². The quantitative estimate of drug-likeness (QED) is 0.297. The molecular weight excluding hydrogens is 511 g/mol. The minimum atomic E-state index is -0.00271. The van der Waals surface area contributed by atoms with Crippen LogP contribution in [0, 0.1) is 5.92 Å². The summed E-state index contributed by atoms with van der Waals surface area (Å²) in [4.78, 5) is 23.5. The second-order valence-electron chi connectivity index (χ2n) is 8.36. The zero-order valence-corrected chi connectivity index (χ0v) is 21.9. The molecule has 1 aliphatic rings. The number of nitrogens with zero attached hydrogens (tertiary/aromatic N) is 3. The van der Waals surface area contributed by atoms with Gasteiger partial charge in [0, 0.05) is 37.1 Å². The number of thioether (sulfide) groups is 1. The van der Waals surface area contributed by atoms with E-state index in [0.717, 1.165) is 30.5 Å². The van der Waals surface area contributed by atoms with E-state index in [4.69, 9.17) is 23.2 Å². The number of nitrogens with one attached hydrogen (secondary N) is 1. The third kappa shape index (κ3) is 7.33. The molecule has 2 unspecified atom stereocenters. The number of likely N-dealkylation sites (N-methyl/N-ethyl adjacent to an activating group) is 1. The first-order valence-corrected chi connectivity index (χ1v) is 12.6. The van der Waals surface area contributed by atoms with Crippen LogP contribution in [-0.2, 0) is 11.2 Å². The summed E-state index contributed by atoms with van der Waals surface area (Å²) in [5.74, 6) is 0.825. The van der Waals surface area contributed by atoms with Gasteiger partial charge in [-0.25, -0.2) is 9.97 Å². The summed E-state index contributed by atoms with van der Waals surface area (Å²) in [5.41, 5.74) is 3.23. The molecule has 0 radical (unpaired) electrons. The largest absolute Gasteiger partial charge is 0.354 e. The standard InChI is InChI=1S/C25H26Cl2N4OS.ClH/c1-31-15-18(9-17-7-8-22(26)23(27)11-17)10-21(31)14-28-24(32)16-33-25-29-12-20(13-30-25)19-5-3-2-4-6-19;/h2-8,11-13,18,21H,9-10,14-16H2,1H3,(H,28,32);1H. The van der Waals surface area contributed by atoms with Gasteiger partial charge in [-0.15, -0.1) is 12.4 Å². The van der Waals surface area contributed by atoms with Crippen LogP contribution in [0.2, 0.25) is 10.0 Å². The minimum Gasteiger partial charge on any atom is -0.354 e. The Bertz CT molecular complexity index is 1090. The van der Waals surface area contributed by atoms with E-state index in [0.29, 0.717) is 39.5 Å². The van der Waals surface area contributed by atoms with Gasteiger partial charge in [0.25, 0.3) is 0 Å². The summed E-state index contributed by atoms with van der Waals surface area (Å²) in [6, 6.07) is 16.2. The van der Waals surface area contributed by atoms with Crippen molar-refractivity contribution in [3.05, 3.63) is 76.5 Å². The highest BCUT2D eigenvalue weighted by Gasteiger charge is 2.29. The van der Waals surface area contributed by atoms with Crippen LogP contribution in [0.3, 0.4) is 0 Å². The van der Waals surface area contributed by atoms with Crippen LogP contribution in [-0.4, -0.2) is 52.7 Å². The van der Waals surface area contributed by atoms with Crippen LogP contribution in [0.15, 0.2) is 66.1 Å². The van der Waals surface area contributed by atoms with E-state index < -0.39 is 0 Å². The molecule has 180 valence electrons. The molecule has 34 heavy (non-hydrogen) atoms. The lowest BCUT2D eigenvalue weighted by atomic mass is 9.97. The highest BCUT2D eigenvalue weighted by Crippen LogP contribution is 2.28. The third-order valence-corrected chi connectivity index (χ3v) is 7.50. The topological polar surface area (TPSA) is 58.1 Å². The predicted molar refractivity (Wildman–Crippen MR) is 143 cm³/mol. The summed E-state index contributed by atoms with van der Waals surface area (Å²) in [6.45, 7) is 1.64. The molecule has 1 aliphatic heterocycles. The Labute approximate surface area is 221 Å². The summed E-state index contributed by atoms with van der Waals surface area (Å²) in [5, 5.41) is 4.85.